The highest BCUT2D eigenvalue weighted by Crippen LogP contribution is 2.26. The third-order valence-electron chi connectivity index (χ3n) is 3.12. The maximum atomic E-state index is 5.97. The van der Waals surface area contributed by atoms with Crippen molar-refractivity contribution in [2.24, 2.45) is 5.73 Å². The summed E-state index contributed by atoms with van der Waals surface area (Å²) in [5.74, 6) is 1.50. The van der Waals surface area contributed by atoms with Gasteiger partial charge in [0, 0.05) is 6.20 Å². The number of aryl methyl sites for hydroxylation is 1. The Morgan fingerprint density at radius 2 is 1.95 bits per heavy atom. The van der Waals surface area contributed by atoms with Crippen molar-refractivity contribution in [1.82, 2.24) is 4.98 Å². The summed E-state index contributed by atoms with van der Waals surface area (Å²) in [6.45, 7) is 3.07. The fraction of sp³-hybridized carbons (Fsp3) is 0.312. The van der Waals surface area contributed by atoms with Crippen LogP contribution in [-0.2, 0) is 13.0 Å². The fourth-order valence-corrected chi connectivity index (χ4v) is 2.14. The lowest BCUT2D eigenvalue weighted by atomic mass is 10.1. The molecule has 0 saturated carbocycles. The molecule has 0 amide bonds. The van der Waals surface area contributed by atoms with Crippen molar-refractivity contribution >= 4 is 0 Å². The Kier molecular flexibility index (Phi) is 4.96. The van der Waals surface area contributed by atoms with Crippen LogP contribution in [0.25, 0.3) is 0 Å². The minimum atomic E-state index is 0.430. The lowest BCUT2D eigenvalue weighted by Crippen LogP contribution is -2.07. The molecule has 0 unspecified atom stereocenters. The smallest absolute Gasteiger partial charge is 0.219 e. The molecule has 2 rings (SSSR count). The molecule has 0 atom stereocenters. The van der Waals surface area contributed by atoms with Gasteiger partial charge in [0.25, 0.3) is 0 Å². The molecule has 0 fully saturated rings. The Morgan fingerprint density at radius 1 is 1.15 bits per heavy atom. The van der Waals surface area contributed by atoms with Gasteiger partial charge in [-0.15, -0.1) is 0 Å². The van der Waals surface area contributed by atoms with E-state index in [1.165, 1.54) is 0 Å². The Labute approximate surface area is 119 Å². The molecule has 0 aliphatic heterocycles. The minimum Gasteiger partial charge on any atom is -0.488 e. The molecule has 0 radical (unpaired) electrons. The van der Waals surface area contributed by atoms with Gasteiger partial charge >= 0.3 is 0 Å². The molecule has 0 spiro atoms. The average molecular weight is 272 g/mol. The first-order valence-corrected chi connectivity index (χ1v) is 6.65. The number of rotatable bonds is 6. The van der Waals surface area contributed by atoms with Gasteiger partial charge in [-0.2, -0.15) is 0 Å². The molecule has 20 heavy (non-hydrogen) atoms. The van der Waals surface area contributed by atoms with Gasteiger partial charge in [0.2, 0.25) is 5.88 Å². The maximum Gasteiger partial charge on any atom is 0.219 e. The number of hydrogen-bond acceptors (Lipinski definition) is 4. The van der Waals surface area contributed by atoms with E-state index >= 15 is 0 Å². The van der Waals surface area contributed by atoms with Crippen molar-refractivity contribution in [3.05, 3.63) is 53.2 Å². The second-order valence-corrected chi connectivity index (χ2v) is 4.56. The molecule has 0 aliphatic carbocycles. The molecule has 0 aliphatic rings. The van der Waals surface area contributed by atoms with Crippen LogP contribution in [0.4, 0.5) is 0 Å². The summed E-state index contributed by atoms with van der Waals surface area (Å²) in [6.07, 6.45) is 2.51. The molecular weight excluding hydrogens is 252 g/mol. The third kappa shape index (κ3) is 3.27. The number of nitrogens with two attached hydrogens (primary N) is 1. The number of ether oxygens (including phenoxy) is 2. The maximum absolute atomic E-state index is 5.97. The number of methoxy groups -OCH3 is 1. The number of para-hydroxylation sites is 1. The molecule has 0 bridgehead atoms. The van der Waals surface area contributed by atoms with E-state index in [1.54, 1.807) is 13.3 Å². The summed E-state index contributed by atoms with van der Waals surface area (Å²) in [7, 11) is 1.61. The SMILES string of the molecule is COc1ncccc1COc1c(C)cccc1CCN. The van der Waals surface area contributed by atoms with Crippen molar-refractivity contribution in [3.8, 4) is 11.6 Å². The summed E-state index contributed by atoms with van der Waals surface area (Å²) in [6, 6.07) is 9.94. The highest BCUT2D eigenvalue weighted by atomic mass is 16.5. The first-order chi connectivity index (χ1) is 9.76. The Hall–Kier alpha value is -2.07. The Bertz CT molecular complexity index is 570. The van der Waals surface area contributed by atoms with Gasteiger partial charge in [0.05, 0.1) is 12.7 Å². The van der Waals surface area contributed by atoms with Gasteiger partial charge < -0.3 is 15.2 Å². The molecule has 1 heterocycles. The Morgan fingerprint density at radius 3 is 2.70 bits per heavy atom. The van der Waals surface area contributed by atoms with Crippen LogP contribution in [0.15, 0.2) is 36.5 Å². The Balaban J connectivity index is 2.18. The van der Waals surface area contributed by atoms with Gasteiger partial charge in [-0.1, -0.05) is 18.2 Å². The summed E-state index contributed by atoms with van der Waals surface area (Å²) in [5, 5.41) is 0. The third-order valence-corrected chi connectivity index (χ3v) is 3.12. The van der Waals surface area contributed by atoms with Gasteiger partial charge in [0.15, 0.2) is 0 Å². The van der Waals surface area contributed by atoms with E-state index in [-0.39, 0.29) is 0 Å². The van der Waals surface area contributed by atoms with Crippen molar-refractivity contribution in [2.45, 2.75) is 20.0 Å². The van der Waals surface area contributed by atoms with Crippen LogP contribution in [0.5, 0.6) is 11.6 Å². The summed E-state index contributed by atoms with van der Waals surface area (Å²) >= 11 is 0. The first kappa shape index (κ1) is 14.3. The van der Waals surface area contributed by atoms with Crippen molar-refractivity contribution in [3.63, 3.8) is 0 Å². The van der Waals surface area contributed by atoms with Crippen molar-refractivity contribution in [2.75, 3.05) is 13.7 Å². The second kappa shape index (κ2) is 6.91. The monoisotopic (exact) mass is 272 g/mol. The highest BCUT2D eigenvalue weighted by molar-refractivity contribution is 5.41. The second-order valence-electron chi connectivity index (χ2n) is 4.56. The van der Waals surface area contributed by atoms with Crippen molar-refractivity contribution < 1.29 is 9.47 Å². The van der Waals surface area contributed by atoms with Crippen LogP contribution in [0.2, 0.25) is 0 Å². The summed E-state index contributed by atoms with van der Waals surface area (Å²) in [4.78, 5) is 4.17. The van der Waals surface area contributed by atoms with Crippen LogP contribution < -0.4 is 15.2 Å². The van der Waals surface area contributed by atoms with Crippen LogP contribution >= 0.6 is 0 Å². The molecule has 1 aromatic carbocycles. The van der Waals surface area contributed by atoms with E-state index in [0.717, 1.165) is 28.9 Å². The zero-order valence-corrected chi connectivity index (χ0v) is 11.9. The van der Waals surface area contributed by atoms with Gasteiger partial charge in [-0.25, -0.2) is 4.98 Å². The highest BCUT2D eigenvalue weighted by Gasteiger charge is 2.09. The summed E-state index contributed by atoms with van der Waals surface area (Å²) < 4.78 is 11.2. The van der Waals surface area contributed by atoms with Crippen LogP contribution in [0.3, 0.4) is 0 Å². The quantitative estimate of drug-likeness (QED) is 0.877. The van der Waals surface area contributed by atoms with Gasteiger partial charge in [-0.3, -0.25) is 0 Å². The number of hydrogen-bond donors (Lipinski definition) is 1. The number of benzene rings is 1. The lowest BCUT2D eigenvalue weighted by molar-refractivity contribution is 0.289. The molecule has 2 N–H and O–H groups in total. The minimum absolute atomic E-state index is 0.430. The topological polar surface area (TPSA) is 57.4 Å². The average Bonchev–Trinajstić information content (AvgIpc) is 2.47. The molecule has 4 nitrogen and oxygen atoms in total. The van der Waals surface area contributed by atoms with Crippen LogP contribution in [0, 0.1) is 6.92 Å². The van der Waals surface area contributed by atoms with Crippen LogP contribution in [-0.4, -0.2) is 18.6 Å². The number of pyridine rings is 1. The molecule has 106 valence electrons. The fourth-order valence-electron chi connectivity index (χ4n) is 2.14. The zero-order chi connectivity index (χ0) is 14.4. The molecule has 0 saturated heterocycles. The normalized spacial score (nSPS) is 10.3. The predicted octanol–water partition coefficient (Wildman–Crippen LogP) is 2.48. The molecule has 1 aromatic heterocycles. The van der Waals surface area contributed by atoms with Crippen LogP contribution in [0.1, 0.15) is 16.7 Å². The predicted molar refractivity (Wildman–Crippen MR) is 79.1 cm³/mol. The molecule has 4 heteroatoms. The van der Waals surface area contributed by atoms with E-state index in [0.29, 0.717) is 19.0 Å². The number of aromatic nitrogens is 1. The van der Waals surface area contributed by atoms with E-state index in [2.05, 4.69) is 11.1 Å². The standard InChI is InChI=1S/C16H20N2O2/c1-12-5-3-6-13(8-9-17)15(12)20-11-14-7-4-10-18-16(14)19-2/h3-7,10H,8-9,11,17H2,1-2H3. The molecule has 2 aromatic rings. The zero-order valence-electron chi connectivity index (χ0n) is 11.9. The first-order valence-electron chi connectivity index (χ1n) is 6.65. The van der Waals surface area contributed by atoms with Gasteiger partial charge in [0.1, 0.15) is 12.4 Å². The van der Waals surface area contributed by atoms with E-state index in [4.69, 9.17) is 15.2 Å². The number of nitrogens with zero attached hydrogens (tertiary/aromatic N) is 1. The van der Waals surface area contributed by atoms with E-state index in [9.17, 15) is 0 Å². The molecular formula is C16H20N2O2. The van der Waals surface area contributed by atoms with E-state index in [1.807, 2.05) is 31.2 Å². The lowest BCUT2D eigenvalue weighted by Gasteiger charge is -2.14. The van der Waals surface area contributed by atoms with E-state index < -0.39 is 0 Å². The van der Waals surface area contributed by atoms with Gasteiger partial charge in [-0.05, 0) is 43.1 Å². The van der Waals surface area contributed by atoms with Crippen molar-refractivity contribution in [1.29, 1.82) is 0 Å². The summed E-state index contributed by atoms with van der Waals surface area (Å²) in [5.41, 5.74) is 8.82. The largest absolute Gasteiger partial charge is 0.488 e.